The van der Waals surface area contributed by atoms with Crippen LogP contribution in [0.3, 0.4) is 0 Å². The molecule has 4 nitrogen and oxygen atoms in total. The molecular formula is C24H29Cl2FN2O2S. The van der Waals surface area contributed by atoms with Gasteiger partial charge in [0.2, 0.25) is 11.8 Å². The number of amides is 2. The van der Waals surface area contributed by atoms with E-state index in [1.54, 1.807) is 41.3 Å². The van der Waals surface area contributed by atoms with Crippen molar-refractivity contribution in [2.24, 2.45) is 0 Å². The standard InChI is InChI=1S/C24H29Cl2FN2O2S/c1-4-16(3)28-24(31)22(5-2)29(13-17-10-11-19(25)12-20(17)26)23(30)15-32-14-18-8-6-7-9-21(18)27/h6-12,16,22H,4-5,13-15H2,1-3H3,(H,28,31)/t16-,22-/m1/s1. The number of nitrogens with zero attached hydrogens (tertiary/aromatic N) is 1. The second-order valence-corrected chi connectivity index (χ2v) is 9.41. The van der Waals surface area contributed by atoms with Crippen molar-refractivity contribution < 1.29 is 14.0 Å². The van der Waals surface area contributed by atoms with Gasteiger partial charge in [-0.25, -0.2) is 4.39 Å². The fraction of sp³-hybridized carbons (Fsp3) is 0.417. The molecule has 2 aromatic rings. The summed E-state index contributed by atoms with van der Waals surface area (Å²) >= 11 is 13.7. The first-order valence-corrected chi connectivity index (χ1v) is 12.5. The van der Waals surface area contributed by atoms with Crippen molar-refractivity contribution >= 4 is 46.8 Å². The van der Waals surface area contributed by atoms with Crippen molar-refractivity contribution in [2.75, 3.05) is 5.75 Å². The predicted molar refractivity (Wildman–Crippen MR) is 132 cm³/mol. The van der Waals surface area contributed by atoms with Crippen molar-refractivity contribution in [3.8, 4) is 0 Å². The SMILES string of the molecule is CC[C@@H](C)NC(=O)[C@@H](CC)N(Cc1ccc(Cl)cc1Cl)C(=O)CSCc1ccccc1F. The lowest BCUT2D eigenvalue weighted by Crippen LogP contribution is -2.51. The van der Waals surface area contributed by atoms with Gasteiger partial charge in [-0.05, 0) is 49.1 Å². The molecule has 174 valence electrons. The molecule has 2 aromatic carbocycles. The predicted octanol–water partition coefficient (Wildman–Crippen LogP) is 6.09. The highest BCUT2D eigenvalue weighted by atomic mass is 35.5. The van der Waals surface area contributed by atoms with E-state index in [4.69, 9.17) is 23.2 Å². The molecule has 0 aliphatic heterocycles. The van der Waals surface area contributed by atoms with Crippen molar-refractivity contribution in [1.29, 1.82) is 0 Å². The molecule has 0 aliphatic carbocycles. The second-order valence-electron chi connectivity index (χ2n) is 7.58. The van der Waals surface area contributed by atoms with Crippen LogP contribution in [-0.4, -0.2) is 34.6 Å². The fourth-order valence-electron chi connectivity index (χ4n) is 3.14. The van der Waals surface area contributed by atoms with Gasteiger partial charge in [0.15, 0.2) is 0 Å². The second kappa shape index (κ2) is 13.1. The molecule has 0 saturated heterocycles. The molecule has 32 heavy (non-hydrogen) atoms. The average molecular weight is 499 g/mol. The number of rotatable bonds is 11. The van der Waals surface area contributed by atoms with Crippen LogP contribution >= 0.6 is 35.0 Å². The van der Waals surface area contributed by atoms with Gasteiger partial charge in [0.05, 0.1) is 5.75 Å². The van der Waals surface area contributed by atoms with Crippen molar-refractivity contribution in [3.63, 3.8) is 0 Å². The molecule has 2 amide bonds. The smallest absolute Gasteiger partial charge is 0.243 e. The zero-order valence-electron chi connectivity index (χ0n) is 18.5. The van der Waals surface area contributed by atoms with Crippen molar-refractivity contribution in [3.05, 3.63) is 69.5 Å². The summed E-state index contributed by atoms with van der Waals surface area (Å²) in [6.07, 6.45) is 1.24. The Kier molecular flexibility index (Phi) is 10.8. The largest absolute Gasteiger partial charge is 0.352 e. The number of nitrogens with one attached hydrogen (secondary N) is 1. The van der Waals surface area contributed by atoms with Gasteiger partial charge in [0.1, 0.15) is 11.9 Å². The normalized spacial score (nSPS) is 12.8. The minimum absolute atomic E-state index is 0.00283. The number of halogens is 3. The van der Waals surface area contributed by atoms with Gasteiger partial charge in [-0.3, -0.25) is 9.59 Å². The Morgan fingerprint density at radius 1 is 1.09 bits per heavy atom. The molecule has 0 bridgehead atoms. The summed E-state index contributed by atoms with van der Waals surface area (Å²) in [5.41, 5.74) is 1.25. The van der Waals surface area contributed by atoms with E-state index in [0.717, 1.165) is 6.42 Å². The van der Waals surface area contributed by atoms with E-state index < -0.39 is 6.04 Å². The number of carbonyl (C=O) groups is 2. The van der Waals surface area contributed by atoms with E-state index in [-0.39, 0.29) is 36.0 Å². The third kappa shape index (κ3) is 7.68. The number of carbonyl (C=O) groups excluding carboxylic acids is 2. The van der Waals surface area contributed by atoms with Gasteiger partial charge in [-0.1, -0.05) is 61.3 Å². The van der Waals surface area contributed by atoms with E-state index in [1.165, 1.54) is 17.8 Å². The highest BCUT2D eigenvalue weighted by Crippen LogP contribution is 2.25. The maximum Gasteiger partial charge on any atom is 0.243 e. The Balaban J connectivity index is 2.20. The number of hydrogen-bond donors (Lipinski definition) is 1. The Bertz CT molecular complexity index is 929. The number of thioether (sulfide) groups is 1. The minimum Gasteiger partial charge on any atom is -0.352 e. The zero-order valence-corrected chi connectivity index (χ0v) is 20.9. The van der Waals surface area contributed by atoms with Crippen LogP contribution in [0.4, 0.5) is 4.39 Å². The number of hydrogen-bond acceptors (Lipinski definition) is 3. The van der Waals surface area contributed by atoms with Gasteiger partial charge in [0, 0.05) is 28.4 Å². The summed E-state index contributed by atoms with van der Waals surface area (Å²) in [6, 6.07) is 10.9. The Morgan fingerprint density at radius 3 is 2.44 bits per heavy atom. The molecule has 8 heteroatoms. The van der Waals surface area contributed by atoms with Gasteiger partial charge in [0.25, 0.3) is 0 Å². The molecule has 0 radical (unpaired) electrons. The Labute approximate surface area is 203 Å². The van der Waals surface area contributed by atoms with E-state index >= 15 is 0 Å². The van der Waals surface area contributed by atoms with Gasteiger partial charge < -0.3 is 10.2 Å². The van der Waals surface area contributed by atoms with Gasteiger partial charge >= 0.3 is 0 Å². The lowest BCUT2D eigenvalue weighted by molar-refractivity contribution is -0.139. The zero-order chi connectivity index (χ0) is 23.7. The molecule has 1 N–H and O–H groups in total. The van der Waals surface area contributed by atoms with Crippen LogP contribution in [0.15, 0.2) is 42.5 Å². The van der Waals surface area contributed by atoms with E-state index in [9.17, 15) is 14.0 Å². The molecule has 0 saturated carbocycles. The first-order valence-electron chi connectivity index (χ1n) is 10.6. The quantitative estimate of drug-likeness (QED) is 0.407. The van der Waals surface area contributed by atoms with Crippen LogP contribution in [0.25, 0.3) is 0 Å². The topological polar surface area (TPSA) is 49.4 Å². The minimum atomic E-state index is -0.641. The molecule has 0 heterocycles. The maximum absolute atomic E-state index is 13.9. The third-order valence-electron chi connectivity index (χ3n) is 5.18. The summed E-state index contributed by atoms with van der Waals surface area (Å²) in [5, 5.41) is 3.91. The van der Waals surface area contributed by atoms with Crippen molar-refractivity contribution in [2.45, 2.75) is 58.0 Å². The molecule has 2 atom stereocenters. The van der Waals surface area contributed by atoms with Crippen LogP contribution < -0.4 is 5.32 Å². The van der Waals surface area contributed by atoms with Gasteiger partial charge in [-0.15, -0.1) is 11.8 Å². The molecule has 2 rings (SSSR count). The summed E-state index contributed by atoms with van der Waals surface area (Å²) in [4.78, 5) is 27.7. The van der Waals surface area contributed by atoms with Crippen molar-refractivity contribution in [1.82, 2.24) is 10.2 Å². The van der Waals surface area contributed by atoms with Crippen LogP contribution in [-0.2, 0) is 21.9 Å². The summed E-state index contributed by atoms with van der Waals surface area (Å²) < 4.78 is 13.9. The first kappa shape index (κ1) is 26.5. The molecule has 0 spiro atoms. The van der Waals surface area contributed by atoms with Crippen LogP contribution in [0.1, 0.15) is 44.7 Å². The molecule has 0 aliphatic rings. The van der Waals surface area contributed by atoms with Crippen LogP contribution in [0.5, 0.6) is 0 Å². The lowest BCUT2D eigenvalue weighted by Gasteiger charge is -2.31. The molecule has 0 fully saturated rings. The summed E-state index contributed by atoms with van der Waals surface area (Å²) in [5.74, 6) is -0.212. The maximum atomic E-state index is 13.9. The molecule has 0 unspecified atom stereocenters. The highest BCUT2D eigenvalue weighted by molar-refractivity contribution is 7.99. The van der Waals surface area contributed by atoms with E-state index in [0.29, 0.717) is 33.3 Å². The monoisotopic (exact) mass is 498 g/mol. The fourth-order valence-corrected chi connectivity index (χ4v) is 4.51. The van der Waals surface area contributed by atoms with E-state index in [1.807, 2.05) is 20.8 Å². The number of benzene rings is 2. The van der Waals surface area contributed by atoms with Crippen LogP contribution in [0, 0.1) is 5.82 Å². The van der Waals surface area contributed by atoms with Crippen LogP contribution in [0.2, 0.25) is 10.0 Å². The third-order valence-corrected chi connectivity index (χ3v) is 6.74. The Hall–Kier alpha value is -1.76. The summed E-state index contributed by atoms with van der Waals surface area (Å²) in [6.45, 7) is 5.97. The highest BCUT2D eigenvalue weighted by Gasteiger charge is 2.29. The molecule has 0 aromatic heterocycles. The first-order chi connectivity index (χ1) is 15.3. The van der Waals surface area contributed by atoms with Gasteiger partial charge in [-0.2, -0.15) is 0 Å². The lowest BCUT2D eigenvalue weighted by atomic mass is 10.1. The average Bonchev–Trinajstić information content (AvgIpc) is 2.76. The summed E-state index contributed by atoms with van der Waals surface area (Å²) in [7, 11) is 0. The van der Waals surface area contributed by atoms with E-state index in [2.05, 4.69) is 5.32 Å². The Morgan fingerprint density at radius 2 is 1.81 bits per heavy atom. The molecular weight excluding hydrogens is 470 g/mol.